The predicted molar refractivity (Wildman–Crippen MR) is 121 cm³/mol. The van der Waals surface area contributed by atoms with E-state index in [1.54, 1.807) is 41.3 Å². The Morgan fingerprint density at radius 3 is 2.61 bits per heavy atom. The van der Waals surface area contributed by atoms with Gasteiger partial charge in [0.2, 0.25) is 5.91 Å². The van der Waals surface area contributed by atoms with E-state index in [0.29, 0.717) is 31.0 Å². The summed E-state index contributed by atoms with van der Waals surface area (Å²) in [6, 6.07) is 21.8. The van der Waals surface area contributed by atoms with Crippen LogP contribution in [-0.2, 0) is 27.7 Å². The van der Waals surface area contributed by atoms with Gasteiger partial charge in [0.1, 0.15) is 5.75 Å². The fraction of sp³-hybridized carbons (Fsp3) is 0.208. The third kappa shape index (κ3) is 4.88. The molecule has 0 radical (unpaired) electrons. The number of anilines is 2. The highest BCUT2D eigenvalue weighted by Gasteiger charge is 2.24. The molecule has 0 fully saturated rings. The predicted octanol–water partition coefficient (Wildman–Crippen LogP) is 4.02. The molecule has 1 aliphatic heterocycles. The van der Waals surface area contributed by atoms with Crippen LogP contribution in [0.5, 0.6) is 5.75 Å². The van der Waals surface area contributed by atoms with Gasteiger partial charge in [-0.15, -0.1) is 0 Å². The van der Waals surface area contributed by atoms with Gasteiger partial charge in [0, 0.05) is 31.6 Å². The lowest BCUT2D eigenvalue weighted by molar-refractivity contribution is -0.116. The van der Waals surface area contributed by atoms with Gasteiger partial charge in [-0.1, -0.05) is 36.4 Å². The number of amides is 1. The van der Waals surface area contributed by atoms with Crippen LogP contribution in [0.15, 0.2) is 77.7 Å². The molecule has 7 heteroatoms. The van der Waals surface area contributed by atoms with Gasteiger partial charge >= 0.3 is 0 Å². The van der Waals surface area contributed by atoms with Gasteiger partial charge in [0.25, 0.3) is 10.0 Å². The van der Waals surface area contributed by atoms with Gasteiger partial charge in [-0.3, -0.25) is 9.52 Å². The standard InChI is InChI=1S/C24H24N2O4S/c1-18(27)26-14-12-20-16-23(10-11-24(20)26)31(28,29)25-21-8-5-9-22(17-21)30-15-13-19-6-3-2-4-7-19/h2-11,16-17,25H,12-15H2,1H3. The quantitative estimate of drug-likeness (QED) is 0.607. The molecular weight excluding hydrogens is 412 g/mol. The van der Waals surface area contributed by atoms with Crippen molar-refractivity contribution in [2.24, 2.45) is 0 Å². The van der Waals surface area contributed by atoms with Crippen molar-refractivity contribution in [1.82, 2.24) is 0 Å². The highest BCUT2D eigenvalue weighted by atomic mass is 32.2. The molecule has 0 atom stereocenters. The van der Waals surface area contributed by atoms with Gasteiger partial charge in [0.05, 0.1) is 17.2 Å². The van der Waals surface area contributed by atoms with Crippen LogP contribution in [0.1, 0.15) is 18.1 Å². The van der Waals surface area contributed by atoms with E-state index in [2.05, 4.69) is 4.72 Å². The maximum absolute atomic E-state index is 12.9. The number of sulfonamides is 1. The van der Waals surface area contributed by atoms with Crippen molar-refractivity contribution in [2.45, 2.75) is 24.7 Å². The minimum atomic E-state index is -3.76. The SMILES string of the molecule is CC(=O)N1CCc2cc(S(=O)(=O)Nc3cccc(OCCc4ccccc4)c3)ccc21. The molecular formula is C24H24N2O4S. The Bertz CT molecular complexity index is 1190. The van der Waals surface area contributed by atoms with Crippen molar-refractivity contribution in [2.75, 3.05) is 22.8 Å². The van der Waals surface area contributed by atoms with E-state index < -0.39 is 10.0 Å². The number of hydrogen-bond acceptors (Lipinski definition) is 4. The van der Waals surface area contributed by atoms with Crippen molar-refractivity contribution in [3.8, 4) is 5.75 Å². The number of hydrogen-bond donors (Lipinski definition) is 1. The van der Waals surface area contributed by atoms with Crippen LogP contribution in [0, 0.1) is 0 Å². The Labute approximate surface area is 182 Å². The average Bonchev–Trinajstić information content (AvgIpc) is 3.18. The second kappa shape index (κ2) is 8.81. The molecule has 0 unspecified atom stereocenters. The van der Waals surface area contributed by atoms with Crippen molar-refractivity contribution in [3.05, 3.63) is 83.9 Å². The monoisotopic (exact) mass is 436 g/mol. The van der Waals surface area contributed by atoms with Gasteiger partial charge in [0.15, 0.2) is 0 Å². The zero-order valence-corrected chi connectivity index (χ0v) is 18.1. The topological polar surface area (TPSA) is 75.7 Å². The molecule has 3 aromatic rings. The van der Waals surface area contributed by atoms with Crippen LogP contribution >= 0.6 is 0 Å². The summed E-state index contributed by atoms with van der Waals surface area (Å²) in [6.45, 7) is 2.58. The summed E-state index contributed by atoms with van der Waals surface area (Å²) in [4.78, 5) is 13.5. The van der Waals surface area contributed by atoms with E-state index in [4.69, 9.17) is 4.74 Å². The first-order valence-corrected chi connectivity index (χ1v) is 11.6. The van der Waals surface area contributed by atoms with Crippen LogP contribution in [0.2, 0.25) is 0 Å². The average molecular weight is 437 g/mol. The summed E-state index contributed by atoms with van der Waals surface area (Å²) in [5, 5.41) is 0. The van der Waals surface area contributed by atoms with Crippen molar-refractivity contribution in [1.29, 1.82) is 0 Å². The van der Waals surface area contributed by atoms with Crippen LogP contribution < -0.4 is 14.4 Å². The van der Waals surface area contributed by atoms with Gasteiger partial charge < -0.3 is 9.64 Å². The normalized spacial score (nSPS) is 13.0. The molecule has 160 valence electrons. The first-order valence-electron chi connectivity index (χ1n) is 10.1. The fourth-order valence-corrected chi connectivity index (χ4v) is 4.77. The van der Waals surface area contributed by atoms with E-state index in [1.165, 1.54) is 18.6 Å². The third-order valence-corrected chi connectivity index (χ3v) is 6.60. The first-order chi connectivity index (χ1) is 14.9. The fourth-order valence-electron chi connectivity index (χ4n) is 3.67. The molecule has 4 rings (SSSR count). The number of rotatable bonds is 7. The molecule has 0 aliphatic carbocycles. The van der Waals surface area contributed by atoms with Crippen LogP contribution in [0.4, 0.5) is 11.4 Å². The number of ether oxygens (including phenoxy) is 1. The molecule has 1 heterocycles. The Morgan fingerprint density at radius 1 is 1.03 bits per heavy atom. The molecule has 0 saturated heterocycles. The summed E-state index contributed by atoms with van der Waals surface area (Å²) in [5.74, 6) is 0.554. The zero-order valence-electron chi connectivity index (χ0n) is 17.2. The first kappa shape index (κ1) is 20.9. The third-order valence-electron chi connectivity index (χ3n) is 5.23. The van der Waals surface area contributed by atoms with Crippen LogP contribution in [-0.4, -0.2) is 27.5 Å². The maximum atomic E-state index is 12.9. The largest absolute Gasteiger partial charge is 0.493 e. The number of carbonyl (C=O) groups is 1. The Hall–Kier alpha value is -3.32. The van der Waals surface area contributed by atoms with Crippen molar-refractivity contribution < 1.29 is 17.9 Å². The highest BCUT2D eigenvalue weighted by molar-refractivity contribution is 7.92. The van der Waals surface area contributed by atoms with E-state index in [9.17, 15) is 13.2 Å². The molecule has 1 amide bonds. The Kier molecular flexibility index (Phi) is 5.95. The highest BCUT2D eigenvalue weighted by Crippen LogP contribution is 2.31. The number of benzene rings is 3. The molecule has 0 aromatic heterocycles. The Morgan fingerprint density at radius 2 is 1.84 bits per heavy atom. The van der Waals surface area contributed by atoms with Crippen molar-refractivity contribution >= 4 is 27.3 Å². The number of fused-ring (bicyclic) bond motifs is 1. The van der Waals surface area contributed by atoms with Crippen LogP contribution in [0.3, 0.4) is 0 Å². The molecule has 6 nitrogen and oxygen atoms in total. The molecule has 1 aliphatic rings. The summed E-state index contributed by atoms with van der Waals surface area (Å²) in [6.07, 6.45) is 1.41. The van der Waals surface area contributed by atoms with Crippen molar-refractivity contribution in [3.63, 3.8) is 0 Å². The van der Waals surface area contributed by atoms with E-state index in [1.807, 2.05) is 30.3 Å². The number of nitrogens with zero attached hydrogens (tertiary/aromatic N) is 1. The van der Waals surface area contributed by atoms with E-state index in [-0.39, 0.29) is 10.8 Å². The summed E-state index contributed by atoms with van der Waals surface area (Å²) in [7, 11) is -3.76. The molecule has 0 saturated carbocycles. The molecule has 3 aromatic carbocycles. The van der Waals surface area contributed by atoms with Gasteiger partial charge in [-0.05, 0) is 47.9 Å². The minimum absolute atomic E-state index is 0.0449. The number of nitrogens with one attached hydrogen (secondary N) is 1. The molecule has 31 heavy (non-hydrogen) atoms. The lowest BCUT2D eigenvalue weighted by atomic mass is 10.2. The van der Waals surface area contributed by atoms with Gasteiger partial charge in [-0.2, -0.15) is 0 Å². The second-order valence-corrected chi connectivity index (χ2v) is 9.11. The lowest BCUT2D eigenvalue weighted by Crippen LogP contribution is -2.25. The van der Waals surface area contributed by atoms with E-state index >= 15 is 0 Å². The smallest absolute Gasteiger partial charge is 0.261 e. The second-order valence-electron chi connectivity index (χ2n) is 7.43. The van der Waals surface area contributed by atoms with Gasteiger partial charge in [-0.25, -0.2) is 8.42 Å². The zero-order chi connectivity index (χ0) is 21.8. The lowest BCUT2D eigenvalue weighted by Gasteiger charge is -2.15. The number of carbonyl (C=O) groups excluding carboxylic acids is 1. The van der Waals surface area contributed by atoms with Crippen LogP contribution in [0.25, 0.3) is 0 Å². The molecule has 1 N–H and O–H groups in total. The maximum Gasteiger partial charge on any atom is 0.261 e. The minimum Gasteiger partial charge on any atom is -0.493 e. The molecule has 0 spiro atoms. The Balaban J connectivity index is 1.44. The van der Waals surface area contributed by atoms with E-state index in [0.717, 1.165) is 17.7 Å². The summed E-state index contributed by atoms with van der Waals surface area (Å²) >= 11 is 0. The summed E-state index contributed by atoms with van der Waals surface area (Å²) < 4.78 is 34.2. The molecule has 0 bridgehead atoms. The summed E-state index contributed by atoms with van der Waals surface area (Å²) in [5.41, 5.74) is 3.25.